The summed E-state index contributed by atoms with van der Waals surface area (Å²) in [5.41, 5.74) is 0. The molecule has 0 heterocycles. The molecule has 188 valence electrons. The van der Waals surface area contributed by atoms with Crippen molar-refractivity contribution in [2.75, 3.05) is 0 Å². The van der Waals surface area contributed by atoms with E-state index in [1.165, 1.54) is 6.92 Å². The van der Waals surface area contributed by atoms with Crippen LogP contribution >= 0.6 is 0 Å². The molecule has 12 heteroatoms. The normalized spacial score (nSPS) is 11.2. The average molecular weight is 492 g/mol. The van der Waals surface area contributed by atoms with E-state index in [1.54, 1.807) is 0 Å². The Hall–Kier alpha value is -4.74. The zero-order chi connectivity index (χ0) is 27.2. The third kappa shape index (κ3) is 7.67. The molecule has 0 aliphatic carbocycles. The zero-order valence-corrected chi connectivity index (χ0v) is 18.9. The molecule has 0 spiro atoms. The first kappa shape index (κ1) is 30.3. The fourth-order valence-electron chi connectivity index (χ4n) is 2.27. The van der Waals surface area contributed by atoms with Gasteiger partial charge in [-0.2, -0.15) is 0 Å². The van der Waals surface area contributed by atoms with Crippen LogP contribution in [0.4, 0.5) is 0 Å². The SMILES string of the molecule is C=CC(=O)OC(CC)C(OC(=O)C=C)(OC(=O)C=C)C(OC(=O)C=C)(OC(=O)C=C)OC(=O)C=C. The first-order chi connectivity index (χ1) is 16.4. The largest absolute Gasteiger partial charge is 0.511 e. The summed E-state index contributed by atoms with van der Waals surface area (Å²) in [4.78, 5) is 73.7. The molecule has 0 N–H and O–H groups in total. The molecule has 1 unspecified atom stereocenters. The number of carbonyl (C=O) groups is 6. The van der Waals surface area contributed by atoms with Crippen molar-refractivity contribution >= 4 is 35.8 Å². The van der Waals surface area contributed by atoms with Crippen LogP contribution in [0.5, 0.6) is 0 Å². The maximum Gasteiger partial charge on any atom is 0.511 e. The molecule has 0 aromatic heterocycles. The van der Waals surface area contributed by atoms with Gasteiger partial charge in [0.25, 0.3) is 0 Å². The van der Waals surface area contributed by atoms with Gasteiger partial charge in [0.1, 0.15) is 0 Å². The number of carbonyl (C=O) groups excluding carboxylic acids is 6. The number of rotatable bonds is 15. The molecule has 0 amide bonds. The van der Waals surface area contributed by atoms with Gasteiger partial charge in [-0.3, -0.25) is 0 Å². The van der Waals surface area contributed by atoms with Crippen LogP contribution in [-0.4, -0.2) is 53.7 Å². The van der Waals surface area contributed by atoms with E-state index in [9.17, 15) is 28.8 Å². The van der Waals surface area contributed by atoms with Gasteiger partial charge in [0.05, 0.1) is 0 Å². The van der Waals surface area contributed by atoms with Gasteiger partial charge in [0, 0.05) is 36.5 Å². The van der Waals surface area contributed by atoms with Crippen molar-refractivity contribution in [3.8, 4) is 0 Å². The molecule has 0 radical (unpaired) electrons. The van der Waals surface area contributed by atoms with Crippen LogP contribution in [0.1, 0.15) is 13.3 Å². The van der Waals surface area contributed by atoms with Gasteiger partial charge in [-0.15, -0.1) is 0 Å². The monoisotopic (exact) mass is 492 g/mol. The van der Waals surface area contributed by atoms with Crippen LogP contribution < -0.4 is 0 Å². The molecule has 35 heavy (non-hydrogen) atoms. The van der Waals surface area contributed by atoms with Crippen molar-refractivity contribution in [3.05, 3.63) is 75.9 Å². The van der Waals surface area contributed by atoms with Crippen molar-refractivity contribution < 1.29 is 57.2 Å². The van der Waals surface area contributed by atoms with Crippen LogP contribution in [0.2, 0.25) is 0 Å². The Balaban J connectivity index is 7.83. The second-order valence-electron chi connectivity index (χ2n) is 5.89. The van der Waals surface area contributed by atoms with E-state index in [0.29, 0.717) is 36.5 Å². The second-order valence-corrected chi connectivity index (χ2v) is 5.89. The van der Waals surface area contributed by atoms with Crippen LogP contribution in [0, 0.1) is 0 Å². The first-order valence-electron chi connectivity index (χ1n) is 9.54. The maximum atomic E-state index is 12.4. The number of hydrogen-bond acceptors (Lipinski definition) is 12. The third-order valence-electron chi connectivity index (χ3n) is 3.69. The van der Waals surface area contributed by atoms with E-state index in [0.717, 1.165) is 0 Å². The van der Waals surface area contributed by atoms with Gasteiger partial charge in [-0.25, -0.2) is 28.8 Å². The molecule has 0 aromatic carbocycles. The summed E-state index contributed by atoms with van der Waals surface area (Å²) in [6.45, 7) is 20.4. The third-order valence-corrected chi connectivity index (χ3v) is 3.69. The lowest BCUT2D eigenvalue weighted by molar-refractivity contribution is -0.453. The lowest BCUT2D eigenvalue weighted by Crippen LogP contribution is -2.70. The minimum absolute atomic E-state index is 0.404. The van der Waals surface area contributed by atoms with E-state index in [2.05, 4.69) is 39.5 Å². The van der Waals surface area contributed by atoms with Crippen molar-refractivity contribution in [2.24, 2.45) is 0 Å². The molecule has 0 aliphatic heterocycles. The van der Waals surface area contributed by atoms with Gasteiger partial charge in [0.2, 0.25) is 0 Å². The van der Waals surface area contributed by atoms with Gasteiger partial charge in [-0.1, -0.05) is 46.4 Å². The fourth-order valence-corrected chi connectivity index (χ4v) is 2.27. The summed E-state index contributed by atoms with van der Waals surface area (Å²) in [6, 6.07) is 0. The van der Waals surface area contributed by atoms with E-state index < -0.39 is 60.1 Å². The summed E-state index contributed by atoms with van der Waals surface area (Å²) >= 11 is 0. The Labute approximate surface area is 200 Å². The average Bonchev–Trinajstić information content (AvgIpc) is 2.85. The standard InChI is InChI=1S/C23H24O12/c1-8-15(30-16(24)9-2)22(31-17(25)10-3,32-18(26)11-4)23(33-19(27)12-5,34-20(28)13-6)35-21(29)14-7/h9-15H,2-8H2,1H3. The molecule has 0 aliphatic rings. The predicted molar refractivity (Wildman–Crippen MR) is 117 cm³/mol. The maximum absolute atomic E-state index is 12.4. The zero-order valence-electron chi connectivity index (χ0n) is 18.9. The lowest BCUT2D eigenvalue weighted by Gasteiger charge is -2.45. The molecular weight excluding hydrogens is 468 g/mol. The summed E-state index contributed by atoms with van der Waals surface area (Å²) in [7, 11) is 0. The minimum atomic E-state index is -3.60. The van der Waals surface area contributed by atoms with Crippen LogP contribution in [0.25, 0.3) is 0 Å². The quantitative estimate of drug-likeness (QED) is 0.141. The Bertz CT molecular complexity index is 865. The molecule has 0 aromatic rings. The Morgan fingerprint density at radius 1 is 0.571 bits per heavy atom. The Morgan fingerprint density at radius 3 is 1.11 bits per heavy atom. The lowest BCUT2D eigenvalue weighted by atomic mass is 10.0. The highest BCUT2D eigenvalue weighted by atomic mass is 16.9. The smallest absolute Gasteiger partial charge is 0.450 e. The molecule has 12 nitrogen and oxygen atoms in total. The molecule has 0 saturated carbocycles. The predicted octanol–water partition coefficient (Wildman–Crippen LogP) is 1.49. The summed E-state index contributed by atoms with van der Waals surface area (Å²) in [5, 5.41) is 0. The van der Waals surface area contributed by atoms with E-state index >= 15 is 0 Å². The van der Waals surface area contributed by atoms with Crippen molar-refractivity contribution in [2.45, 2.75) is 31.2 Å². The van der Waals surface area contributed by atoms with Crippen molar-refractivity contribution in [3.63, 3.8) is 0 Å². The van der Waals surface area contributed by atoms with Crippen molar-refractivity contribution in [1.29, 1.82) is 0 Å². The number of esters is 6. The summed E-state index contributed by atoms with van der Waals surface area (Å²) < 4.78 is 30.5. The van der Waals surface area contributed by atoms with E-state index in [-0.39, 0.29) is 0 Å². The molecule has 0 saturated heterocycles. The van der Waals surface area contributed by atoms with Crippen LogP contribution in [-0.2, 0) is 57.2 Å². The second kappa shape index (κ2) is 13.7. The molecule has 1 atom stereocenters. The highest BCUT2D eigenvalue weighted by molar-refractivity contribution is 5.87. The highest BCUT2D eigenvalue weighted by Gasteiger charge is 2.74. The minimum Gasteiger partial charge on any atom is -0.450 e. The molecule has 0 bridgehead atoms. The molecule has 0 rings (SSSR count). The van der Waals surface area contributed by atoms with Crippen LogP contribution in [0.3, 0.4) is 0 Å². The van der Waals surface area contributed by atoms with Gasteiger partial charge >= 0.3 is 47.6 Å². The van der Waals surface area contributed by atoms with Crippen LogP contribution in [0.15, 0.2) is 75.9 Å². The molecule has 0 fully saturated rings. The fraction of sp³-hybridized carbons (Fsp3) is 0.217. The number of ether oxygens (including phenoxy) is 6. The Morgan fingerprint density at radius 2 is 0.857 bits per heavy atom. The van der Waals surface area contributed by atoms with E-state index in [1.807, 2.05) is 0 Å². The Kier molecular flexibility index (Phi) is 11.9. The topological polar surface area (TPSA) is 158 Å². The van der Waals surface area contributed by atoms with Gasteiger partial charge in [0.15, 0.2) is 6.10 Å². The van der Waals surface area contributed by atoms with E-state index in [4.69, 9.17) is 28.4 Å². The first-order valence-corrected chi connectivity index (χ1v) is 9.54. The van der Waals surface area contributed by atoms with Gasteiger partial charge in [-0.05, 0) is 6.42 Å². The van der Waals surface area contributed by atoms with Gasteiger partial charge < -0.3 is 28.4 Å². The summed E-state index contributed by atoms with van der Waals surface area (Å²) in [5.74, 6) is -15.3. The highest BCUT2D eigenvalue weighted by Crippen LogP contribution is 2.41. The number of hydrogen-bond donors (Lipinski definition) is 0. The van der Waals surface area contributed by atoms with Crippen molar-refractivity contribution in [1.82, 2.24) is 0 Å². The summed E-state index contributed by atoms with van der Waals surface area (Å²) in [6.07, 6.45) is 1.000. The molecular formula is C23H24O12.